The van der Waals surface area contributed by atoms with E-state index in [0.29, 0.717) is 0 Å². The predicted octanol–water partition coefficient (Wildman–Crippen LogP) is 4.44. The highest BCUT2D eigenvalue weighted by molar-refractivity contribution is 5.57. The Morgan fingerprint density at radius 1 is 1.00 bits per heavy atom. The second-order valence-corrected chi connectivity index (χ2v) is 8.27. The van der Waals surface area contributed by atoms with E-state index in [4.69, 9.17) is 4.74 Å². The van der Waals surface area contributed by atoms with Crippen LogP contribution < -0.4 is 4.74 Å². The van der Waals surface area contributed by atoms with Crippen LogP contribution >= 0.6 is 0 Å². The summed E-state index contributed by atoms with van der Waals surface area (Å²) in [6.07, 6.45) is 14.6. The molecule has 1 aromatic rings. The fourth-order valence-electron chi connectivity index (χ4n) is 5.59. The summed E-state index contributed by atoms with van der Waals surface area (Å²) >= 11 is 0. The van der Waals surface area contributed by atoms with Crippen molar-refractivity contribution < 1.29 is 4.74 Å². The Morgan fingerprint density at radius 3 is 2.69 bits per heavy atom. The van der Waals surface area contributed by atoms with Gasteiger partial charge in [-0.15, -0.1) is 0 Å². The van der Waals surface area contributed by atoms with E-state index in [2.05, 4.69) is 34.1 Å². The molecule has 0 radical (unpaired) electrons. The average Bonchev–Trinajstić information content (AvgIpc) is 3.17. The summed E-state index contributed by atoms with van der Waals surface area (Å²) in [6, 6.07) is 9.89. The van der Waals surface area contributed by atoms with Gasteiger partial charge in [-0.3, -0.25) is 9.80 Å². The van der Waals surface area contributed by atoms with Crippen LogP contribution in [0.2, 0.25) is 0 Å². The smallest absolute Gasteiger partial charge is 0.126 e. The second kappa shape index (κ2) is 8.58. The number of ether oxygens (including phenoxy) is 1. The van der Waals surface area contributed by atoms with Gasteiger partial charge in [0.25, 0.3) is 0 Å². The predicted molar refractivity (Wildman–Crippen MR) is 109 cm³/mol. The van der Waals surface area contributed by atoms with Crippen molar-refractivity contribution in [1.82, 2.24) is 9.80 Å². The molecule has 3 aliphatic rings. The molecule has 2 aliphatic heterocycles. The molecule has 1 aliphatic carbocycles. The number of para-hydroxylation sites is 1. The van der Waals surface area contributed by atoms with Gasteiger partial charge in [0.15, 0.2) is 0 Å². The van der Waals surface area contributed by atoms with E-state index in [1.807, 2.05) is 12.1 Å². The topological polar surface area (TPSA) is 15.7 Å². The summed E-state index contributed by atoms with van der Waals surface area (Å²) in [7, 11) is 1.76. The minimum absolute atomic E-state index is 0.772. The molecule has 142 valence electrons. The lowest BCUT2D eigenvalue weighted by Crippen LogP contribution is -2.60. The van der Waals surface area contributed by atoms with Crippen molar-refractivity contribution in [2.45, 2.75) is 57.0 Å². The molecule has 2 atom stereocenters. The molecular weight excluding hydrogens is 320 g/mol. The first kappa shape index (κ1) is 18.1. The molecule has 2 saturated heterocycles. The minimum atomic E-state index is 0.772. The first-order chi connectivity index (χ1) is 12.9. The highest BCUT2D eigenvalue weighted by Crippen LogP contribution is 2.37. The van der Waals surface area contributed by atoms with Crippen LogP contribution in [0.1, 0.15) is 50.5 Å². The lowest BCUT2D eigenvalue weighted by molar-refractivity contribution is 0.00831. The molecule has 0 spiro atoms. The number of hydrogen-bond donors (Lipinski definition) is 0. The first-order valence-electron chi connectivity index (χ1n) is 10.6. The van der Waals surface area contributed by atoms with Gasteiger partial charge in [0, 0.05) is 37.3 Å². The quantitative estimate of drug-likeness (QED) is 0.777. The van der Waals surface area contributed by atoms with Gasteiger partial charge in [-0.25, -0.2) is 0 Å². The lowest BCUT2D eigenvalue weighted by Gasteiger charge is -2.49. The zero-order valence-electron chi connectivity index (χ0n) is 16.3. The van der Waals surface area contributed by atoms with Gasteiger partial charge in [0.05, 0.1) is 7.11 Å². The fourth-order valence-corrected chi connectivity index (χ4v) is 5.59. The van der Waals surface area contributed by atoms with Crippen LogP contribution in [0.3, 0.4) is 0 Å². The number of methoxy groups -OCH3 is 1. The Balaban J connectivity index is 1.47. The summed E-state index contributed by atoms with van der Waals surface area (Å²) < 4.78 is 5.49. The third-order valence-electron chi connectivity index (χ3n) is 6.81. The molecule has 26 heavy (non-hydrogen) atoms. The van der Waals surface area contributed by atoms with Crippen molar-refractivity contribution in [3.05, 3.63) is 35.9 Å². The molecule has 0 unspecified atom stereocenters. The normalized spacial score (nSPS) is 28.5. The Kier molecular flexibility index (Phi) is 5.96. The third kappa shape index (κ3) is 3.84. The van der Waals surface area contributed by atoms with Crippen molar-refractivity contribution in [3.8, 4) is 5.75 Å². The maximum atomic E-state index is 5.49. The van der Waals surface area contributed by atoms with Crippen molar-refractivity contribution in [3.63, 3.8) is 0 Å². The van der Waals surface area contributed by atoms with E-state index in [0.717, 1.165) is 30.3 Å². The van der Waals surface area contributed by atoms with Gasteiger partial charge in [0.1, 0.15) is 5.75 Å². The van der Waals surface area contributed by atoms with Crippen molar-refractivity contribution >= 4 is 6.08 Å². The average molecular weight is 355 g/mol. The number of nitrogens with zero attached hydrogens (tertiary/aromatic N) is 2. The molecule has 0 aromatic heterocycles. The van der Waals surface area contributed by atoms with Gasteiger partial charge >= 0.3 is 0 Å². The zero-order chi connectivity index (χ0) is 17.8. The Bertz CT molecular complexity index is 608. The SMILES string of the molecule is COc1ccccc1/C=C/CN1CCN2CCC[C@H]2[C@@H]1C1CCCCC1. The monoisotopic (exact) mass is 354 g/mol. The van der Waals surface area contributed by atoms with Crippen molar-refractivity contribution in [1.29, 1.82) is 0 Å². The number of fused-ring (bicyclic) bond motifs is 1. The van der Waals surface area contributed by atoms with Gasteiger partial charge in [0.2, 0.25) is 0 Å². The Labute approximate surface area is 159 Å². The second-order valence-electron chi connectivity index (χ2n) is 8.27. The minimum Gasteiger partial charge on any atom is -0.496 e. The largest absolute Gasteiger partial charge is 0.496 e. The zero-order valence-corrected chi connectivity index (χ0v) is 16.3. The molecule has 3 nitrogen and oxygen atoms in total. The molecule has 3 heteroatoms. The van der Waals surface area contributed by atoms with Crippen molar-refractivity contribution in [2.24, 2.45) is 5.92 Å². The molecule has 4 rings (SSSR count). The van der Waals surface area contributed by atoms with Crippen LogP contribution in [0, 0.1) is 5.92 Å². The van der Waals surface area contributed by atoms with Crippen LogP contribution in [0.15, 0.2) is 30.3 Å². The summed E-state index contributed by atoms with van der Waals surface area (Å²) in [5.41, 5.74) is 1.18. The van der Waals surface area contributed by atoms with Crippen LogP contribution in [0.4, 0.5) is 0 Å². The number of hydrogen-bond acceptors (Lipinski definition) is 3. The van der Waals surface area contributed by atoms with Crippen LogP contribution in [0.5, 0.6) is 5.75 Å². The summed E-state index contributed by atoms with van der Waals surface area (Å²) in [4.78, 5) is 5.59. The lowest BCUT2D eigenvalue weighted by atomic mass is 9.78. The van der Waals surface area contributed by atoms with E-state index in [1.165, 1.54) is 70.1 Å². The first-order valence-corrected chi connectivity index (χ1v) is 10.6. The maximum absolute atomic E-state index is 5.49. The van der Waals surface area contributed by atoms with Crippen LogP contribution in [-0.4, -0.2) is 55.2 Å². The number of benzene rings is 1. The Morgan fingerprint density at radius 2 is 1.85 bits per heavy atom. The van der Waals surface area contributed by atoms with Crippen molar-refractivity contribution in [2.75, 3.05) is 33.3 Å². The highest BCUT2D eigenvalue weighted by atomic mass is 16.5. The number of rotatable bonds is 5. The van der Waals surface area contributed by atoms with E-state index in [1.54, 1.807) is 7.11 Å². The van der Waals surface area contributed by atoms with Gasteiger partial charge in [-0.05, 0) is 44.2 Å². The van der Waals surface area contributed by atoms with Crippen LogP contribution in [-0.2, 0) is 0 Å². The molecule has 1 aromatic carbocycles. The molecule has 1 saturated carbocycles. The summed E-state index contributed by atoms with van der Waals surface area (Å²) in [6.45, 7) is 4.90. The molecule has 0 bridgehead atoms. The van der Waals surface area contributed by atoms with E-state index < -0.39 is 0 Å². The summed E-state index contributed by atoms with van der Waals surface area (Å²) in [5, 5.41) is 0. The van der Waals surface area contributed by atoms with E-state index >= 15 is 0 Å². The molecule has 0 N–H and O–H groups in total. The number of piperazine rings is 1. The third-order valence-corrected chi connectivity index (χ3v) is 6.81. The standard InChI is InChI=1S/C23H34N2O/c1-26-22-14-6-5-9-19(22)12-7-16-25-18-17-24-15-8-13-21(24)23(25)20-10-3-2-4-11-20/h5-7,9,12,14,20-21,23H,2-4,8,10-11,13,15-18H2,1H3/b12-7+/t21-,23-/m0/s1. The Hall–Kier alpha value is -1.32. The van der Waals surface area contributed by atoms with Gasteiger partial charge in [-0.2, -0.15) is 0 Å². The van der Waals surface area contributed by atoms with E-state index in [-0.39, 0.29) is 0 Å². The molecular formula is C23H34N2O. The van der Waals surface area contributed by atoms with Crippen LogP contribution in [0.25, 0.3) is 6.08 Å². The molecule has 3 fully saturated rings. The maximum Gasteiger partial charge on any atom is 0.126 e. The fraction of sp³-hybridized carbons (Fsp3) is 0.652. The highest BCUT2D eigenvalue weighted by Gasteiger charge is 2.42. The van der Waals surface area contributed by atoms with Gasteiger partial charge in [-0.1, -0.05) is 49.6 Å². The molecule has 0 amide bonds. The molecule has 2 heterocycles. The van der Waals surface area contributed by atoms with Gasteiger partial charge < -0.3 is 4.74 Å². The summed E-state index contributed by atoms with van der Waals surface area (Å²) in [5.74, 6) is 1.88. The van der Waals surface area contributed by atoms with E-state index in [9.17, 15) is 0 Å².